The molecule has 0 aliphatic rings. The third kappa shape index (κ3) is 3.40. The fourth-order valence-electron chi connectivity index (χ4n) is 0.553. The van der Waals surface area contributed by atoms with Crippen LogP contribution < -0.4 is 0 Å². The van der Waals surface area contributed by atoms with Crippen molar-refractivity contribution < 1.29 is 0 Å². The maximum Gasteiger partial charge on any atom is 0.167 e. The van der Waals surface area contributed by atoms with Crippen LogP contribution in [0.3, 0.4) is 0 Å². The Balaban J connectivity index is 2.80. The SMILES string of the molecule is C[Si](C)(C)C#Cc1ncc(Cl)s1. The summed E-state index contributed by atoms with van der Waals surface area (Å²) in [5, 5.41) is 0.822. The Morgan fingerprint density at radius 2 is 2.17 bits per heavy atom. The number of aromatic nitrogens is 1. The van der Waals surface area contributed by atoms with Crippen LogP contribution >= 0.6 is 22.9 Å². The van der Waals surface area contributed by atoms with E-state index in [-0.39, 0.29) is 0 Å². The topological polar surface area (TPSA) is 12.9 Å². The van der Waals surface area contributed by atoms with Crippen molar-refractivity contribution in [1.29, 1.82) is 0 Å². The molecule has 0 aliphatic heterocycles. The van der Waals surface area contributed by atoms with Gasteiger partial charge in [0.2, 0.25) is 0 Å². The molecule has 0 saturated heterocycles. The second-order valence-electron chi connectivity index (χ2n) is 3.47. The van der Waals surface area contributed by atoms with E-state index >= 15 is 0 Å². The van der Waals surface area contributed by atoms with Crippen LogP contribution in [-0.2, 0) is 0 Å². The maximum atomic E-state index is 5.71. The zero-order chi connectivity index (χ0) is 9.19. The van der Waals surface area contributed by atoms with Crippen LogP contribution in [0.1, 0.15) is 5.01 Å². The van der Waals surface area contributed by atoms with Crippen LogP contribution in [0.4, 0.5) is 0 Å². The Morgan fingerprint density at radius 3 is 2.58 bits per heavy atom. The monoisotopic (exact) mass is 215 g/mol. The van der Waals surface area contributed by atoms with Crippen LogP contribution in [0.15, 0.2) is 6.20 Å². The molecular weight excluding hydrogens is 206 g/mol. The van der Waals surface area contributed by atoms with E-state index in [2.05, 4.69) is 36.1 Å². The van der Waals surface area contributed by atoms with E-state index in [1.807, 2.05) is 0 Å². The van der Waals surface area contributed by atoms with E-state index in [4.69, 9.17) is 11.6 Å². The quantitative estimate of drug-likeness (QED) is 0.479. The van der Waals surface area contributed by atoms with E-state index < -0.39 is 8.07 Å². The number of halogens is 1. The molecule has 0 fully saturated rings. The Labute approximate surface area is 82.8 Å². The van der Waals surface area contributed by atoms with Crippen molar-refractivity contribution in [3.63, 3.8) is 0 Å². The average molecular weight is 216 g/mol. The lowest BCUT2D eigenvalue weighted by Gasteiger charge is -2.02. The first-order valence-corrected chi connectivity index (χ1v) is 8.31. The first-order chi connectivity index (χ1) is 5.47. The minimum atomic E-state index is -1.27. The summed E-state index contributed by atoms with van der Waals surface area (Å²) in [5.74, 6) is 3.04. The normalized spacial score (nSPS) is 10.7. The molecule has 0 aliphatic carbocycles. The first-order valence-electron chi connectivity index (χ1n) is 3.62. The van der Waals surface area contributed by atoms with E-state index in [0.717, 1.165) is 5.01 Å². The molecule has 0 spiro atoms. The Hall–Kier alpha value is -0.303. The molecule has 1 aromatic rings. The summed E-state index contributed by atoms with van der Waals surface area (Å²) in [6, 6.07) is 0. The van der Waals surface area contributed by atoms with E-state index in [9.17, 15) is 0 Å². The molecule has 1 aromatic heterocycles. The number of hydrogen-bond donors (Lipinski definition) is 0. The highest BCUT2D eigenvalue weighted by Gasteiger charge is 2.07. The van der Waals surface area contributed by atoms with E-state index in [1.54, 1.807) is 6.20 Å². The highest BCUT2D eigenvalue weighted by Crippen LogP contribution is 2.17. The van der Waals surface area contributed by atoms with Gasteiger partial charge in [0.05, 0.1) is 6.20 Å². The molecule has 0 N–H and O–H groups in total. The van der Waals surface area contributed by atoms with Crippen molar-refractivity contribution in [2.24, 2.45) is 0 Å². The molecule has 0 unspecified atom stereocenters. The second kappa shape index (κ2) is 3.61. The van der Waals surface area contributed by atoms with Crippen LogP contribution in [0.2, 0.25) is 24.0 Å². The van der Waals surface area contributed by atoms with E-state index in [0.29, 0.717) is 4.34 Å². The van der Waals surface area contributed by atoms with Gasteiger partial charge < -0.3 is 0 Å². The standard InChI is InChI=1S/C8H10ClNSSi/c1-12(2,3)5-4-8-10-6-7(9)11-8/h6H,1-3H3. The lowest BCUT2D eigenvalue weighted by atomic mass is 10.7. The van der Waals surface area contributed by atoms with Gasteiger partial charge >= 0.3 is 0 Å². The van der Waals surface area contributed by atoms with Crippen molar-refractivity contribution in [3.8, 4) is 11.5 Å². The highest BCUT2D eigenvalue weighted by atomic mass is 35.5. The summed E-state index contributed by atoms with van der Waals surface area (Å²) in [5.41, 5.74) is 3.23. The summed E-state index contributed by atoms with van der Waals surface area (Å²) < 4.78 is 0.704. The van der Waals surface area contributed by atoms with Gasteiger partial charge in [0.1, 0.15) is 12.4 Å². The van der Waals surface area contributed by atoms with Gasteiger partial charge in [-0.05, 0) is 5.92 Å². The fraction of sp³-hybridized carbons (Fsp3) is 0.375. The van der Waals surface area contributed by atoms with Crippen LogP contribution in [0.5, 0.6) is 0 Å². The largest absolute Gasteiger partial charge is 0.235 e. The second-order valence-corrected chi connectivity index (χ2v) is 9.88. The van der Waals surface area contributed by atoms with Gasteiger partial charge in [0.15, 0.2) is 5.01 Å². The number of rotatable bonds is 0. The molecule has 0 saturated carbocycles. The zero-order valence-electron chi connectivity index (χ0n) is 7.31. The van der Waals surface area contributed by atoms with Crippen molar-refractivity contribution in [2.75, 3.05) is 0 Å². The summed E-state index contributed by atoms with van der Waals surface area (Å²) in [6.45, 7) is 6.61. The molecule has 64 valence electrons. The van der Waals surface area contributed by atoms with Gasteiger partial charge in [-0.25, -0.2) is 4.98 Å². The molecule has 0 atom stereocenters. The maximum absolute atomic E-state index is 5.71. The van der Waals surface area contributed by atoms with Crippen LogP contribution in [0, 0.1) is 11.5 Å². The zero-order valence-corrected chi connectivity index (χ0v) is 9.88. The summed E-state index contributed by atoms with van der Waals surface area (Å²) in [6.07, 6.45) is 1.64. The minimum absolute atomic E-state index is 0.704. The van der Waals surface area contributed by atoms with Crippen molar-refractivity contribution in [3.05, 3.63) is 15.5 Å². The van der Waals surface area contributed by atoms with Crippen molar-refractivity contribution in [1.82, 2.24) is 4.98 Å². The molecule has 1 heterocycles. The highest BCUT2D eigenvalue weighted by molar-refractivity contribution is 7.16. The van der Waals surface area contributed by atoms with Crippen LogP contribution in [-0.4, -0.2) is 13.1 Å². The van der Waals surface area contributed by atoms with E-state index in [1.165, 1.54) is 11.3 Å². The smallest absolute Gasteiger partial charge is 0.167 e. The summed E-state index contributed by atoms with van der Waals surface area (Å²) >= 11 is 7.14. The lowest BCUT2D eigenvalue weighted by Crippen LogP contribution is -2.16. The van der Waals surface area contributed by atoms with Gasteiger partial charge in [-0.15, -0.1) is 5.54 Å². The summed E-state index contributed by atoms with van der Waals surface area (Å²) in [7, 11) is -1.27. The van der Waals surface area contributed by atoms with Gasteiger partial charge in [-0.3, -0.25) is 0 Å². The first kappa shape index (κ1) is 9.78. The number of hydrogen-bond acceptors (Lipinski definition) is 2. The van der Waals surface area contributed by atoms with Crippen LogP contribution in [0.25, 0.3) is 0 Å². The third-order valence-corrected chi connectivity index (χ3v) is 2.93. The molecule has 12 heavy (non-hydrogen) atoms. The van der Waals surface area contributed by atoms with Crippen molar-refractivity contribution >= 4 is 31.0 Å². The molecule has 0 amide bonds. The molecule has 0 aromatic carbocycles. The van der Waals surface area contributed by atoms with Crippen molar-refractivity contribution in [2.45, 2.75) is 19.6 Å². The fourth-order valence-corrected chi connectivity index (χ4v) is 1.90. The molecule has 1 rings (SSSR count). The summed E-state index contributed by atoms with van der Waals surface area (Å²) in [4.78, 5) is 4.05. The van der Waals surface area contributed by atoms with Gasteiger partial charge in [-0.1, -0.05) is 42.6 Å². The molecular formula is C8H10ClNSSi. The Bertz CT molecular complexity index is 329. The number of thiazole rings is 1. The Kier molecular flexibility index (Phi) is 2.94. The van der Waals surface area contributed by atoms with Gasteiger partial charge in [0.25, 0.3) is 0 Å². The molecule has 1 nitrogen and oxygen atoms in total. The lowest BCUT2D eigenvalue weighted by molar-refractivity contribution is 1.39. The van der Waals surface area contributed by atoms with Gasteiger partial charge in [-0.2, -0.15) is 0 Å². The van der Waals surface area contributed by atoms with Gasteiger partial charge in [0, 0.05) is 0 Å². The molecule has 0 radical (unpaired) electrons. The predicted octanol–water partition coefficient (Wildman–Crippen LogP) is 3.03. The predicted molar refractivity (Wildman–Crippen MR) is 57.3 cm³/mol. The number of nitrogens with zero attached hydrogens (tertiary/aromatic N) is 1. The average Bonchev–Trinajstić information content (AvgIpc) is 2.30. The third-order valence-electron chi connectivity index (χ3n) is 1.02. The molecule has 0 bridgehead atoms. The Morgan fingerprint density at radius 1 is 1.50 bits per heavy atom. The minimum Gasteiger partial charge on any atom is -0.235 e. The molecule has 4 heteroatoms.